The molecule has 602 valence electrons. The zero-order valence-corrected chi connectivity index (χ0v) is 67.8. The minimum Gasteiger partial charge on any atom is -0.479 e. The van der Waals surface area contributed by atoms with Crippen molar-refractivity contribution in [2.24, 2.45) is 0 Å². The van der Waals surface area contributed by atoms with Gasteiger partial charge < -0.3 is 55.6 Å². The summed E-state index contributed by atoms with van der Waals surface area (Å²) in [4.78, 5) is 45.2. The van der Waals surface area contributed by atoms with E-state index in [9.17, 15) is 29.1 Å². The molecule has 4 aromatic rings. The molecule has 0 saturated carbocycles. The molecule has 0 amide bonds. The van der Waals surface area contributed by atoms with Crippen molar-refractivity contribution in [3.63, 3.8) is 0 Å². The molecule has 9 N–H and O–H groups in total. The number of aliphatic hydroxyl groups is 2. The Labute approximate surface area is 636 Å². The number of ether oxygens (including phenoxy) is 5. The van der Waals surface area contributed by atoms with Gasteiger partial charge in [0.1, 0.15) is 29.9 Å². The first-order valence-electron chi connectivity index (χ1n) is 38.5. The van der Waals surface area contributed by atoms with Crippen molar-refractivity contribution in [2.75, 3.05) is 75.5 Å². The predicted octanol–water partition coefficient (Wildman–Crippen LogP) is 18.5. The van der Waals surface area contributed by atoms with Crippen LogP contribution in [-0.4, -0.2) is 178 Å². The molecule has 12 atom stereocenters. The number of phosphoric acid groups is 2. The Morgan fingerprint density at radius 1 is 0.510 bits per heavy atom. The minimum absolute atomic E-state index is 0. The number of hydrogen-bond donors (Lipinski definition) is 6. The Morgan fingerprint density at radius 3 is 1.20 bits per heavy atom. The van der Waals surface area contributed by atoms with E-state index in [2.05, 4.69) is 57.6 Å². The lowest BCUT2D eigenvalue weighted by atomic mass is 10.1. The lowest BCUT2D eigenvalue weighted by Gasteiger charge is -2.21. The summed E-state index contributed by atoms with van der Waals surface area (Å²) in [6, 6.07) is 0. The van der Waals surface area contributed by atoms with Gasteiger partial charge in [0.2, 0.25) is 16.4 Å². The number of aliphatic hydroxyl groups excluding tert-OH is 2. The second-order valence-electron chi connectivity index (χ2n) is 27.1. The molecule has 0 aliphatic carbocycles. The summed E-state index contributed by atoms with van der Waals surface area (Å²) in [5, 5.41) is 20.8. The summed E-state index contributed by atoms with van der Waals surface area (Å²) in [7, 11) is -7.79. The number of halogens is 4. The summed E-state index contributed by atoms with van der Waals surface area (Å²) < 4.78 is 109. The van der Waals surface area contributed by atoms with Crippen LogP contribution >= 0.6 is 62.4 Å². The summed E-state index contributed by atoms with van der Waals surface area (Å²) in [6.45, 7) is 8.56. The maximum Gasteiger partial charge on any atom is 0.472 e. The summed E-state index contributed by atoms with van der Waals surface area (Å²) >= 11 is 15.4. The average molecular weight is 1600 g/mol. The lowest BCUT2D eigenvalue weighted by Crippen LogP contribution is -2.31. The quantitative estimate of drug-likeness (QED) is 0.0136. The van der Waals surface area contributed by atoms with E-state index in [4.69, 9.17) is 70.7 Å². The van der Waals surface area contributed by atoms with Crippen molar-refractivity contribution in [1.82, 2.24) is 45.2 Å². The van der Waals surface area contributed by atoms with Crippen molar-refractivity contribution in [3.8, 4) is 5.88 Å². The van der Waals surface area contributed by atoms with Crippen LogP contribution in [0.4, 0.5) is 14.6 Å². The number of phosphoric ester groups is 2. The molecular formula is C71H128Cl2F2N10O15P2S2. The molecule has 25 nitrogen and oxygen atoms in total. The van der Waals surface area contributed by atoms with Crippen molar-refractivity contribution in [2.45, 2.75) is 320 Å². The Kier molecular flexibility index (Phi) is 50.0. The topological polar surface area (TPSA) is 346 Å². The van der Waals surface area contributed by atoms with Gasteiger partial charge in [-0.25, -0.2) is 27.9 Å². The zero-order chi connectivity index (χ0) is 74.5. The van der Waals surface area contributed by atoms with Crippen molar-refractivity contribution >= 4 is 90.5 Å². The minimum atomic E-state index is -4.59. The fourth-order valence-corrected chi connectivity index (χ4v) is 16.2. The van der Waals surface area contributed by atoms with Gasteiger partial charge >= 0.3 is 15.6 Å². The number of rotatable bonds is 61. The largest absolute Gasteiger partial charge is 0.479 e. The number of unbranched alkanes of at least 4 members (excludes halogenated alkanes) is 32. The van der Waals surface area contributed by atoms with Gasteiger partial charge in [0.15, 0.2) is 47.4 Å². The van der Waals surface area contributed by atoms with Crippen LogP contribution in [0.25, 0.3) is 22.3 Å². The molecule has 6 heterocycles. The van der Waals surface area contributed by atoms with Gasteiger partial charge in [-0.1, -0.05) is 233 Å². The fourth-order valence-electron chi connectivity index (χ4n) is 12.3. The number of anilines is 1. The van der Waals surface area contributed by atoms with E-state index >= 15 is 8.78 Å². The second-order valence-corrected chi connectivity index (χ2v) is 33.0. The number of nitrogen functional groups attached to an aromatic ring is 1. The fraction of sp³-hybridized carbons (Fsp3) is 0.859. The first-order chi connectivity index (χ1) is 49.9. The van der Waals surface area contributed by atoms with E-state index < -0.39 is 90.3 Å². The summed E-state index contributed by atoms with van der Waals surface area (Å²) in [5.41, 5.74) is 6.52. The Hall–Kier alpha value is -2.22. The molecule has 6 unspecified atom stereocenters. The van der Waals surface area contributed by atoms with Gasteiger partial charge in [-0.15, -0.1) is 0 Å². The molecule has 0 bridgehead atoms. The third-order valence-corrected chi connectivity index (χ3v) is 23.0. The number of alkyl halides is 2. The molecule has 2 saturated heterocycles. The van der Waals surface area contributed by atoms with E-state index in [1.807, 2.05) is 0 Å². The molecular weight excluding hydrogens is 1470 g/mol. The van der Waals surface area contributed by atoms with Gasteiger partial charge in [-0.05, 0) is 60.4 Å². The summed E-state index contributed by atoms with van der Waals surface area (Å²) in [5.74, 6) is 3.33. The highest BCUT2D eigenvalue weighted by Crippen LogP contribution is 2.47. The van der Waals surface area contributed by atoms with Crippen LogP contribution in [0.1, 0.15) is 271 Å². The van der Waals surface area contributed by atoms with E-state index in [0.29, 0.717) is 24.7 Å². The van der Waals surface area contributed by atoms with Crippen molar-refractivity contribution < 1.29 is 79.7 Å². The lowest BCUT2D eigenvalue weighted by molar-refractivity contribution is -0.0484. The number of thioether (sulfide) groups is 2. The van der Waals surface area contributed by atoms with E-state index in [1.54, 1.807) is 23.5 Å². The van der Waals surface area contributed by atoms with E-state index in [0.717, 1.165) is 50.0 Å². The van der Waals surface area contributed by atoms with Gasteiger partial charge in [-0.3, -0.25) is 27.2 Å². The van der Waals surface area contributed by atoms with Gasteiger partial charge in [0.25, 0.3) is 0 Å². The van der Waals surface area contributed by atoms with Gasteiger partial charge in [0, 0.05) is 24.7 Å². The number of nitrogens with two attached hydrogens (primary N) is 1. The third-order valence-electron chi connectivity index (χ3n) is 18.4. The van der Waals surface area contributed by atoms with Crippen molar-refractivity contribution in [3.05, 3.63) is 23.2 Å². The molecule has 0 spiro atoms. The highest BCUT2D eigenvalue weighted by Gasteiger charge is 2.48. The maximum atomic E-state index is 15.3. The van der Waals surface area contributed by atoms with Crippen molar-refractivity contribution in [1.29, 1.82) is 0 Å². The molecule has 0 radical (unpaired) electrons. The molecule has 104 heavy (non-hydrogen) atoms. The molecule has 0 aromatic carbocycles. The number of fused-ring (bicyclic) bond motifs is 2. The third kappa shape index (κ3) is 36.3. The summed E-state index contributed by atoms with van der Waals surface area (Å²) in [6.07, 6.45) is 33.9. The molecule has 6 rings (SSSR count). The molecule has 2 aliphatic rings. The smallest absolute Gasteiger partial charge is 0.472 e. The van der Waals surface area contributed by atoms with E-state index in [1.165, 1.54) is 222 Å². The van der Waals surface area contributed by atoms with Gasteiger partial charge in [0.05, 0.1) is 58.4 Å². The Balaban J connectivity index is 0.000000436. The van der Waals surface area contributed by atoms with Crippen LogP contribution < -0.4 is 16.6 Å². The first kappa shape index (κ1) is 94.2. The standard InChI is InChI=1S/C36H63ClFN4O8PS.C35H62ClFN5O7PS.H3N/c1-4-6-8-10-12-14-15-17-19-21-23-52-26-28(47-22-20-18-16-13-11-9-7-5-2)24-48-51(44,45)49-25-29-32(43)30(38)35(50-29)42-27-39-31-33(42)40-36(37)41-34(31)46-3;1-3-5-7-9-11-13-14-16-18-20-22-51-25-27(46-21-19-17-15-12-10-8-6-4-2)23-47-50(44,45)48-24-28-31(43)29(37)34(49-28)42-26-39-30-32(38)40-35(36)41-33(30)42;/h27-30,32,35,43H,4-26H2,1-3H3,(H,44,45);26-29,31,34,43H,3-25H2,1-2H3,(H,44,45)(H2,38,40,41);1H3/t28?,29-,30-,32?,35-;27?,28-,29-,31?,34-;/m11./s1. The predicted molar refractivity (Wildman–Crippen MR) is 413 cm³/mol. The normalized spacial score (nSPS) is 20.7. The number of hydrogen-bond acceptors (Lipinski definition) is 23. The second kappa shape index (κ2) is 55.2. The van der Waals surface area contributed by atoms with Crippen LogP contribution in [0.15, 0.2) is 12.7 Å². The van der Waals surface area contributed by atoms with Crippen LogP contribution in [0.3, 0.4) is 0 Å². The van der Waals surface area contributed by atoms with Crippen LogP contribution in [-0.2, 0) is 46.2 Å². The molecule has 2 aliphatic heterocycles. The zero-order valence-electron chi connectivity index (χ0n) is 62.8. The average Bonchev–Trinajstić information content (AvgIpc) is 1.62. The number of methoxy groups -OCH3 is 1. The highest BCUT2D eigenvalue weighted by atomic mass is 35.5. The molecule has 33 heteroatoms. The van der Waals surface area contributed by atoms with E-state index in [-0.39, 0.29) is 64.0 Å². The van der Waals surface area contributed by atoms with Gasteiger partial charge in [-0.2, -0.15) is 43.5 Å². The Bertz CT molecular complexity index is 2970. The molecule has 2 fully saturated rings. The molecule has 4 aromatic heterocycles. The number of aromatic nitrogens is 8. The van der Waals surface area contributed by atoms with Crippen LogP contribution in [0, 0.1) is 0 Å². The highest BCUT2D eigenvalue weighted by molar-refractivity contribution is 7.99. The number of nitrogens with zero attached hydrogens (tertiary/aromatic N) is 8. The first-order valence-corrected chi connectivity index (χ1v) is 44.6. The monoisotopic (exact) mass is 1590 g/mol. The Morgan fingerprint density at radius 2 is 0.837 bits per heavy atom. The van der Waals surface area contributed by atoms with Crippen LogP contribution in [0.2, 0.25) is 10.6 Å². The van der Waals surface area contributed by atoms with Crippen LogP contribution in [0.5, 0.6) is 5.88 Å². The maximum absolute atomic E-state index is 15.3. The SMILES string of the molecule is CCCCCCCCCCCCSCC(COP(=O)(O)OC[C@H]1O[C@@H](n2cnc3c(N)nc(Cl)nc32)[C@H](F)C1O)OCCCCCCCCCC.CCCCCCCCCCCCSCC(COP(=O)(O)OC[C@H]1O[C@@H](n2cnc3c(OC)nc(Cl)nc32)[C@H](F)C1O)OCCCCCCCCCC.N. The number of imidazole rings is 2.